The van der Waals surface area contributed by atoms with Crippen LogP contribution in [0.25, 0.3) is 0 Å². The smallest absolute Gasteiger partial charge is 0.237 e. The zero-order chi connectivity index (χ0) is 11.1. The van der Waals surface area contributed by atoms with E-state index in [1.807, 2.05) is 0 Å². The van der Waals surface area contributed by atoms with Gasteiger partial charge in [0.15, 0.2) is 0 Å². The highest BCUT2D eigenvalue weighted by molar-refractivity contribution is 6.17. The molecule has 0 saturated heterocycles. The van der Waals surface area contributed by atoms with Gasteiger partial charge in [-0.25, -0.2) is 4.98 Å². The lowest BCUT2D eigenvalue weighted by Crippen LogP contribution is -2.29. The number of hydrazine groups is 1. The van der Waals surface area contributed by atoms with Gasteiger partial charge in [-0.15, -0.1) is 11.6 Å². The van der Waals surface area contributed by atoms with E-state index >= 15 is 0 Å². The topological polar surface area (TPSA) is 73.1 Å². The molecular formula is C9H15ClN4O. The molecule has 0 aliphatic rings. The number of halogens is 1. The van der Waals surface area contributed by atoms with E-state index in [0.29, 0.717) is 17.5 Å². The second kappa shape index (κ2) is 6.55. The molecule has 15 heavy (non-hydrogen) atoms. The minimum absolute atomic E-state index is 0.0765. The van der Waals surface area contributed by atoms with Crippen molar-refractivity contribution >= 4 is 11.6 Å². The van der Waals surface area contributed by atoms with E-state index in [9.17, 15) is 0 Å². The van der Waals surface area contributed by atoms with Crippen LogP contribution in [0.1, 0.15) is 24.6 Å². The predicted molar refractivity (Wildman–Crippen MR) is 58.6 cm³/mol. The van der Waals surface area contributed by atoms with Crippen LogP contribution in [0, 0.1) is 0 Å². The van der Waals surface area contributed by atoms with Crippen molar-refractivity contribution in [3.05, 3.63) is 18.1 Å². The molecule has 0 aromatic carbocycles. The van der Waals surface area contributed by atoms with E-state index in [2.05, 4.69) is 15.4 Å². The Morgan fingerprint density at radius 3 is 2.87 bits per heavy atom. The van der Waals surface area contributed by atoms with Gasteiger partial charge in [0.1, 0.15) is 5.69 Å². The van der Waals surface area contributed by atoms with E-state index < -0.39 is 0 Å². The predicted octanol–water partition coefficient (Wildman–Crippen LogP) is 1.01. The Labute approximate surface area is 94.0 Å². The molecule has 84 valence electrons. The summed E-state index contributed by atoms with van der Waals surface area (Å²) in [5, 5.41) is 0. The van der Waals surface area contributed by atoms with E-state index in [0.717, 1.165) is 12.8 Å². The van der Waals surface area contributed by atoms with Crippen molar-refractivity contribution in [2.45, 2.75) is 18.9 Å². The van der Waals surface area contributed by atoms with Gasteiger partial charge in [0.05, 0.1) is 13.2 Å². The summed E-state index contributed by atoms with van der Waals surface area (Å²) in [5.74, 6) is 6.55. The Morgan fingerprint density at radius 1 is 1.53 bits per heavy atom. The van der Waals surface area contributed by atoms with Gasteiger partial charge in [0, 0.05) is 18.3 Å². The zero-order valence-electron chi connectivity index (χ0n) is 8.61. The van der Waals surface area contributed by atoms with Crippen LogP contribution in [-0.2, 0) is 0 Å². The maximum atomic E-state index is 5.63. The molecule has 1 rings (SSSR count). The van der Waals surface area contributed by atoms with Crippen molar-refractivity contribution in [2.75, 3.05) is 13.0 Å². The molecule has 0 fully saturated rings. The lowest BCUT2D eigenvalue weighted by molar-refractivity contribution is 0.373. The van der Waals surface area contributed by atoms with Crippen LogP contribution < -0.4 is 16.0 Å². The summed E-state index contributed by atoms with van der Waals surface area (Å²) in [6.07, 6.45) is 4.85. The number of nitrogens with two attached hydrogens (primary N) is 1. The van der Waals surface area contributed by atoms with Gasteiger partial charge in [-0.1, -0.05) is 0 Å². The lowest BCUT2D eigenvalue weighted by Gasteiger charge is -2.16. The van der Waals surface area contributed by atoms with Crippen LogP contribution in [0.4, 0.5) is 0 Å². The Morgan fingerprint density at radius 2 is 2.27 bits per heavy atom. The second-order valence-electron chi connectivity index (χ2n) is 3.00. The fourth-order valence-electron chi connectivity index (χ4n) is 1.31. The molecule has 0 radical (unpaired) electrons. The van der Waals surface area contributed by atoms with E-state index in [4.69, 9.17) is 22.2 Å². The van der Waals surface area contributed by atoms with Crippen molar-refractivity contribution in [1.82, 2.24) is 15.4 Å². The lowest BCUT2D eigenvalue weighted by atomic mass is 10.1. The van der Waals surface area contributed by atoms with Crippen molar-refractivity contribution < 1.29 is 4.74 Å². The molecule has 3 N–H and O–H groups in total. The Hall–Kier alpha value is -0.910. The Bertz CT molecular complexity index is 297. The first-order chi connectivity index (χ1) is 7.33. The minimum Gasteiger partial charge on any atom is -0.480 e. The molecule has 0 bridgehead atoms. The molecule has 1 aromatic heterocycles. The Kier molecular flexibility index (Phi) is 5.31. The third-order valence-corrected chi connectivity index (χ3v) is 2.31. The number of nitrogens with zero attached hydrogens (tertiary/aromatic N) is 2. The van der Waals surface area contributed by atoms with Crippen molar-refractivity contribution in [2.24, 2.45) is 5.84 Å². The standard InChI is InChI=1S/C9H15ClN4O/c1-15-9-8(12-5-6-13-9)7(14-11)3-2-4-10/h5-7,14H,2-4,11H2,1H3. The monoisotopic (exact) mass is 230 g/mol. The van der Waals surface area contributed by atoms with Gasteiger partial charge < -0.3 is 4.74 Å². The summed E-state index contributed by atoms with van der Waals surface area (Å²) in [5.41, 5.74) is 3.40. The molecule has 5 nitrogen and oxygen atoms in total. The van der Waals surface area contributed by atoms with E-state index in [-0.39, 0.29) is 6.04 Å². The van der Waals surface area contributed by atoms with Crippen LogP contribution >= 0.6 is 11.6 Å². The molecule has 6 heteroatoms. The molecule has 1 aromatic rings. The first kappa shape index (κ1) is 12.2. The van der Waals surface area contributed by atoms with Crippen molar-refractivity contribution in [3.8, 4) is 5.88 Å². The number of ether oxygens (including phenoxy) is 1. The summed E-state index contributed by atoms with van der Waals surface area (Å²) < 4.78 is 5.11. The summed E-state index contributed by atoms with van der Waals surface area (Å²) in [4.78, 5) is 8.26. The number of nitrogens with one attached hydrogen (secondary N) is 1. The zero-order valence-corrected chi connectivity index (χ0v) is 9.37. The first-order valence-corrected chi connectivity index (χ1v) is 5.24. The quantitative estimate of drug-likeness (QED) is 0.434. The third kappa shape index (κ3) is 3.30. The molecule has 0 aliphatic carbocycles. The van der Waals surface area contributed by atoms with Crippen molar-refractivity contribution in [1.29, 1.82) is 0 Å². The maximum Gasteiger partial charge on any atom is 0.237 e. The first-order valence-electron chi connectivity index (χ1n) is 4.70. The molecule has 1 heterocycles. The molecule has 0 amide bonds. The van der Waals surface area contributed by atoms with Crippen LogP contribution in [0.2, 0.25) is 0 Å². The molecular weight excluding hydrogens is 216 g/mol. The fraction of sp³-hybridized carbons (Fsp3) is 0.556. The average Bonchev–Trinajstić information content (AvgIpc) is 2.30. The SMILES string of the molecule is COc1nccnc1C(CCCCl)NN. The average molecular weight is 231 g/mol. The van der Waals surface area contributed by atoms with Crippen LogP contribution in [0.15, 0.2) is 12.4 Å². The van der Waals surface area contributed by atoms with Crippen LogP contribution in [0.5, 0.6) is 5.88 Å². The number of aromatic nitrogens is 2. The number of methoxy groups -OCH3 is 1. The molecule has 0 spiro atoms. The normalized spacial score (nSPS) is 12.5. The molecule has 0 aliphatic heterocycles. The van der Waals surface area contributed by atoms with Gasteiger partial charge in [-0.05, 0) is 12.8 Å². The Balaban J connectivity index is 2.80. The number of rotatable bonds is 6. The van der Waals surface area contributed by atoms with Gasteiger partial charge in [-0.2, -0.15) is 0 Å². The minimum atomic E-state index is -0.0765. The van der Waals surface area contributed by atoms with Gasteiger partial charge in [0.25, 0.3) is 0 Å². The van der Waals surface area contributed by atoms with Crippen LogP contribution in [-0.4, -0.2) is 23.0 Å². The van der Waals surface area contributed by atoms with Gasteiger partial charge in [0.2, 0.25) is 5.88 Å². The van der Waals surface area contributed by atoms with E-state index in [1.165, 1.54) is 0 Å². The van der Waals surface area contributed by atoms with Gasteiger partial charge in [-0.3, -0.25) is 16.3 Å². The highest BCUT2D eigenvalue weighted by Gasteiger charge is 2.16. The molecule has 1 unspecified atom stereocenters. The van der Waals surface area contributed by atoms with E-state index in [1.54, 1.807) is 19.5 Å². The number of alkyl halides is 1. The summed E-state index contributed by atoms with van der Waals surface area (Å²) >= 11 is 5.63. The second-order valence-corrected chi connectivity index (χ2v) is 3.38. The highest BCUT2D eigenvalue weighted by atomic mass is 35.5. The number of hydrogen-bond acceptors (Lipinski definition) is 5. The van der Waals surface area contributed by atoms with Gasteiger partial charge >= 0.3 is 0 Å². The molecule has 0 saturated carbocycles. The molecule has 1 atom stereocenters. The maximum absolute atomic E-state index is 5.63. The summed E-state index contributed by atoms with van der Waals surface area (Å²) in [6.45, 7) is 0. The van der Waals surface area contributed by atoms with Crippen LogP contribution in [0.3, 0.4) is 0 Å². The fourth-order valence-corrected chi connectivity index (χ4v) is 1.47. The highest BCUT2D eigenvalue weighted by Crippen LogP contribution is 2.22. The van der Waals surface area contributed by atoms with Crippen molar-refractivity contribution in [3.63, 3.8) is 0 Å². The largest absolute Gasteiger partial charge is 0.480 e. The summed E-state index contributed by atoms with van der Waals surface area (Å²) in [7, 11) is 1.56. The number of hydrogen-bond donors (Lipinski definition) is 2. The summed E-state index contributed by atoms with van der Waals surface area (Å²) in [6, 6.07) is -0.0765. The third-order valence-electron chi connectivity index (χ3n) is 2.04.